The Morgan fingerprint density at radius 3 is 2.48 bits per heavy atom. The van der Waals surface area contributed by atoms with Crippen molar-refractivity contribution in [3.05, 3.63) is 51.2 Å². The minimum atomic E-state index is -4.20. The van der Waals surface area contributed by atoms with Crippen LogP contribution in [0.4, 0.5) is 8.78 Å². The van der Waals surface area contributed by atoms with Gasteiger partial charge in [0.15, 0.2) is 11.6 Å². The van der Waals surface area contributed by atoms with Gasteiger partial charge in [-0.05, 0) is 43.2 Å². The van der Waals surface area contributed by atoms with Gasteiger partial charge in [-0.2, -0.15) is 0 Å². The lowest BCUT2D eigenvalue weighted by Crippen LogP contribution is -2.41. The average molecular weight is 360 g/mol. The van der Waals surface area contributed by atoms with Crippen molar-refractivity contribution in [1.82, 2.24) is 10.3 Å². The Hall–Kier alpha value is -1.84. The summed E-state index contributed by atoms with van der Waals surface area (Å²) in [5.41, 5.74) is 3.00. The highest BCUT2D eigenvalue weighted by Crippen LogP contribution is 2.22. The third-order valence-electron chi connectivity index (χ3n) is 3.07. The fourth-order valence-corrected chi connectivity index (χ4v) is 3.72. The lowest BCUT2D eigenvalue weighted by Gasteiger charge is -2.07. The Kier molecular flexibility index (Phi) is 5.12. The molecule has 1 amide bonds. The molecular formula is C14H14F2N2O3S2. The summed E-state index contributed by atoms with van der Waals surface area (Å²) >= 11 is 1.26. The molecular weight excluding hydrogens is 346 g/mol. The summed E-state index contributed by atoms with van der Waals surface area (Å²) in [6, 6.07) is 3.79. The molecule has 0 spiro atoms. The molecule has 0 radical (unpaired) electrons. The first-order valence-corrected chi connectivity index (χ1v) is 8.91. The van der Waals surface area contributed by atoms with Gasteiger partial charge in [-0.1, -0.05) is 6.92 Å². The van der Waals surface area contributed by atoms with E-state index in [1.54, 1.807) is 6.07 Å². The molecule has 9 heteroatoms. The molecule has 0 saturated heterocycles. The van der Waals surface area contributed by atoms with Gasteiger partial charge < -0.3 is 0 Å². The van der Waals surface area contributed by atoms with E-state index in [9.17, 15) is 22.0 Å². The number of amides is 1. The van der Waals surface area contributed by atoms with Crippen LogP contribution in [-0.4, -0.2) is 14.3 Å². The Morgan fingerprint density at radius 2 is 1.91 bits per heavy atom. The first-order chi connectivity index (χ1) is 10.7. The zero-order valence-electron chi connectivity index (χ0n) is 12.3. The third kappa shape index (κ3) is 3.92. The molecule has 23 heavy (non-hydrogen) atoms. The SMILES string of the molecule is CCc1sc(C(=O)NNS(=O)(=O)c2ccc(F)c(F)c2)cc1C. The number of carbonyl (C=O) groups is 1. The molecule has 1 heterocycles. The monoisotopic (exact) mass is 360 g/mol. The van der Waals surface area contributed by atoms with Gasteiger partial charge in [0.1, 0.15) is 0 Å². The van der Waals surface area contributed by atoms with Crippen LogP contribution in [0.2, 0.25) is 0 Å². The Morgan fingerprint density at radius 1 is 1.22 bits per heavy atom. The summed E-state index contributed by atoms with van der Waals surface area (Å²) in [4.78, 5) is 14.7. The predicted molar refractivity (Wildman–Crippen MR) is 82.6 cm³/mol. The molecule has 0 unspecified atom stereocenters. The number of nitrogens with one attached hydrogen (secondary N) is 2. The van der Waals surface area contributed by atoms with E-state index in [-0.39, 0.29) is 0 Å². The van der Waals surface area contributed by atoms with Crippen molar-refractivity contribution in [3.63, 3.8) is 0 Å². The number of aryl methyl sites for hydroxylation is 2. The summed E-state index contributed by atoms with van der Waals surface area (Å²) in [6.45, 7) is 3.81. The normalized spacial score (nSPS) is 11.5. The van der Waals surface area contributed by atoms with E-state index < -0.39 is 32.5 Å². The maximum absolute atomic E-state index is 13.1. The predicted octanol–water partition coefficient (Wildman–Crippen LogP) is 2.52. The maximum Gasteiger partial charge on any atom is 0.276 e. The van der Waals surface area contributed by atoms with Gasteiger partial charge in [0, 0.05) is 4.88 Å². The van der Waals surface area contributed by atoms with Gasteiger partial charge in [0.25, 0.3) is 15.9 Å². The number of hydrogen-bond donors (Lipinski definition) is 2. The van der Waals surface area contributed by atoms with Crippen molar-refractivity contribution in [3.8, 4) is 0 Å². The van der Waals surface area contributed by atoms with Crippen LogP contribution >= 0.6 is 11.3 Å². The van der Waals surface area contributed by atoms with Crippen LogP contribution in [0.3, 0.4) is 0 Å². The summed E-state index contributed by atoms with van der Waals surface area (Å²) in [5, 5.41) is 0. The summed E-state index contributed by atoms with van der Waals surface area (Å²) < 4.78 is 49.8. The van der Waals surface area contributed by atoms with Gasteiger partial charge in [0.05, 0.1) is 9.77 Å². The number of halogens is 2. The smallest absolute Gasteiger partial charge is 0.273 e. The number of rotatable bonds is 5. The van der Waals surface area contributed by atoms with Crippen LogP contribution in [0.25, 0.3) is 0 Å². The summed E-state index contributed by atoms with van der Waals surface area (Å²) in [7, 11) is -4.20. The number of sulfonamides is 1. The van der Waals surface area contributed by atoms with Crippen LogP contribution in [0.1, 0.15) is 27.0 Å². The first kappa shape index (κ1) is 17.5. The van der Waals surface area contributed by atoms with Crippen LogP contribution in [0, 0.1) is 18.6 Å². The molecule has 124 valence electrons. The van der Waals surface area contributed by atoms with Crippen LogP contribution in [0.15, 0.2) is 29.2 Å². The largest absolute Gasteiger partial charge is 0.276 e. The van der Waals surface area contributed by atoms with Gasteiger partial charge in [-0.15, -0.1) is 16.2 Å². The van der Waals surface area contributed by atoms with Crippen molar-refractivity contribution >= 4 is 27.3 Å². The number of thiophene rings is 1. The highest BCUT2D eigenvalue weighted by molar-refractivity contribution is 7.89. The van der Waals surface area contributed by atoms with Crippen molar-refractivity contribution in [2.24, 2.45) is 0 Å². The second-order valence-corrected chi connectivity index (χ2v) is 7.53. The molecule has 0 bridgehead atoms. The lowest BCUT2D eigenvalue weighted by atomic mass is 10.2. The number of hydrogen-bond acceptors (Lipinski definition) is 4. The first-order valence-electron chi connectivity index (χ1n) is 6.61. The van der Waals surface area contributed by atoms with Crippen molar-refractivity contribution in [2.75, 3.05) is 0 Å². The average Bonchev–Trinajstić information content (AvgIpc) is 2.88. The van der Waals surface area contributed by atoms with E-state index >= 15 is 0 Å². The van der Waals surface area contributed by atoms with Crippen molar-refractivity contribution in [2.45, 2.75) is 25.2 Å². The van der Waals surface area contributed by atoms with Gasteiger partial charge >= 0.3 is 0 Å². The maximum atomic E-state index is 13.1. The van der Waals surface area contributed by atoms with Gasteiger partial charge in [-0.3, -0.25) is 10.2 Å². The second-order valence-electron chi connectivity index (χ2n) is 4.71. The molecule has 0 atom stereocenters. The molecule has 0 aliphatic carbocycles. The fourth-order valence-electron chi connectivity index (χ4n) is 1.86. The van der Waals surface area contributed by atoms with E-state index in [0.29, 0.717) is 17.0 Å². The van der Waals surface area contributed by atoms with Gasteiger partial charge in [-0.25, -0.2) is 17.2 Å². The van der Waals surface area contributed by atoms with Crippen molar-refractivity contribution in [1.29, 1.82) is 0 Å². The van der Waals surface area contributed by atoms with Crippen LogP contribution < -0.4 is 10.3 Å². The molecule has 0 saturated carbocycles. The highest BCUT2D eigenvalue weighted by atomic mass is 32.2. The molecule has 2 N–H and O–H groups in total. The Bertz CT molecular complexity index is 848. The zero-order valence-corrected chi connectivity index (χ0v) is 13.9. The molecule has 0 fully saturated rings. The molecule has 2 rings (SSSR count). The standard InChI is InChI=1S/C14H14F2N2O3S2/c1-3-12-8(2)6-13(22-12)14(19)17-18-23(20,21)9-4-5-10(15)11(16)7-9/h4-7,18H,3H2,1-2H3,(H,17,19). The molecule has 1 aromatic carbocycles. The zero-order chi connectivity index (χ0) is 17.2. The van der Waals surface area contributed by atoms with E-state index in [0.717, 1.165) is 22.9 Å². The highest BCUT2D eigenvalue weighted by Gasteiger charge is 2.19. The van der Waals surface area contributed by atoms with E-state index in [1.165, 1.54) is 11.3 Å². The number of hydrazine groups is 1. The Labute approximate surface area is 136 Å². The molecule has 1 aromatic heterocycles. The van der Waals surface area contributed by atoms with Crippen LogP contribution in [0.5, 0.6) is 0 Å². The van der Waals surface area contributed by atoms with Crippen LogP contribution in [-0.2, 0) is 16.4 Å². The summed E-state index contributed by atoms with van der Waals surface area (Å²) in [5.74, 6) is -3.07. The molecule has 2 aromatic rings. The van der Waals surface area contributed by atoms with E-state index in [2.05, 4.69) is 5.43 Å². The molecule has 0 aliphatic rings. The fraction of sp³-hybridized carbons (Fsp3) is 0.214. The number of benzene rings is 1. The molecule has 5 nitrogen and oxygen atoms in total. The van der Waals surface area contributed by atoms with E-state index in [1.807, 2.05) is 18.7 Å². The van der Waals surface area contributed by atoms with Crippen molar-refractivity contribution < 1.29 is 22.0 Å². The minimum absolute atomic E-state index is 0.354. The van der Waals surface area contributed by atoms with Gasteiger partial charge in [0.2, 0.25) is 0 Å². The Balaban J connectivity index is 2.11. The third-order valence-corrected chi connectivity index (χ3v) is 5.69. The topological polar surface area (TPSA) is 75.3 Å². The molecule has 0 aliphatic heterocycles. The minimum Gasteiger partial charge on any atom is -0.273 e. The summed E-state index contributed by atoms with van der Waals surface area (Å²) in [6.07, 6.45) is 0.768. The quantitative estimate of drug-likeness (QED) is 0.805. The van der Waals surface area contributed by atoms with E-state index in [4.69, 9.17) is 0 Å². The second kappa shape index (κ2) is 6.73. The lowest BCUT2D eigenvalue weighted by molar-refractivity contribution is 0.0949. The number of carbonyl (C=O) groups excluding carboxylic acids is 1.